The standard InChI is InChI=1S/C21H22N4O2/c1-23-19-8-7-16(11-20(19)24(2)21(23)26)13-25(15-18-6-4-10-27-18)14-17-5-3-9-22-12-17/h3-12H,13-15H2,1-2H3. The van der Waals surface area contributed by atoms with E-state index in [1.807, 2.05) is 37.5 Å². The first-order valence-electron chi connectivity index (χ1n) is 8.90. The van der Waals surface area contributed by atoms with Crippen molar-refractivity contribution in [2.75, 3.05) is 0 Å². The van der Waals surface area contributed by atoms with E-state index in [2.05, 4.69) is 28.1 Å². The van der Waals surface area contributed by atoms with Crippen molar-refractivity contribution in [2.24, 2.45) is 14.1 Å². The zero-order chi connectivity index (χ0) is 18.8. The molecule has 0 unspecified atom stereocenters. The first-order chi connectivity index (χ1) is 13.1. The molecule has 138 valence electrons. The third-order valence-electron chi connectivity index (χ3n) is 4.83. The van der Waals surface area contributed by atoms with Crippen molar-refractivity contribution >= 4 is 11.0 Å². The van der Waals surface area contributed by atoms with Gasteiger partial charge < -0.3 is 4.42 Å². The Kier molecular flexibility index (Phi) is 4.64. The van der Waals surface area contributed by atoms with Gasteiger partial charge in [-0.25, -0.2) is 4.79 Å². The van der Waals surface area contributed by atoms with Gasteiger partial charge in [-0.3, -0.25) is 19.0 Å². The maximum atomic E-state index is 12.2. The van der Waals surface area contributed by atoms with E-state index in [9.17, 15) is 4.79 Å². The number of hydrogen-bond donors (Lipinski definition) is 0. The van der Waals surface area contributed by atoms with Crippen LogP contribution in [0.25, 0.3) is 11.0 Å². The minimum atomic E-state index is -0.00930. The Labute approximate surface area is 157 Å². The first kappa shape index (κ1) is 17.3. The maximum absolute atomic E-state index is 12.2. The molecule has 1 aromatic carbocycles. The molecule has 4 rings (SSSR count). The predicted molar refractivity (Wildman–Crippen MR) is 104 cm³/mol. The van der Waals surface area contributed by atoms with E-state index < -0.39 is 0 Å². The third-order valence-corrected chi connectivity index (χ3v) is 4.83. The molecule has 6 heteroatoms. The van der Waals surface area contributed by atoms with Crippen molar-refractivity contribution in [1.82, 2.24) is 19.0 Å². The zero-order valence-electron chi connectivity index (χ0n) is 15.5. The summed E-state index contributed by atoms with van der Waals surface area (Å²) in [4.78, 5) is 18.7. The summed E-state index contributed by atoms with van der Waals surface area (Å²) in [7, 11) is 3.61. The number of rotatable bonds is 6. The van der Waals surface area contributed by atoms with Crippen molar-refractivity contribution in [3.8, 4) is 0 Å². The summed E-state index contributed by atoms with van der Waals surface area (Å²) in [6.07, 6.45) is 5.37. The highest BCUT2D eigenvalue weighted by atomic mass is 16.3. The number of fused-ring (bicyclic) bond motifs is 1. The van der Waals surface area contributed by atoms with Crippen molar-refractivity contribution in [3.63, 3.8) is 0 Å². The molecule has 6 nitrogen and oxygen atoms in total. The lowest BCUT2D eigenvalue weighted by Crippen LogP contribution is -2.22. The van der Waals surface area contributed by atoms with E-state index in [1.54, 1.807) is 28.6 Å². The molecule has 0 saturated heterocycles. The largest absolute Gasteiger partial charge is 0.468 e. The van der Waals surface area contributed by atoms with Gasteiger partial charge >= 0.3 is 5.69 Å². The number of furan rings is 1. The SMILES string of the molecule is Cn1c(=O)n(C)c2cc(CN(Cc3cccnc3)Cc3ccco3)ccc21. The van der Waals surface area contributed by atoms with Gasteiger partial charge in [0, 0.05) is 39.6 Å². The summed E-state index contributed by atoms with van der Waals surface area (Å²) in [5, 5.41) is 0. The fraction of sp³-hybridized carbons (Fsp3) is 0.238. The average Bonchev–Trinajstić information content (AvgIpc) is 3.26. The smallest absolute Gasteiger partial charge is 0.328 e. The Bertz CT molecular complexity index is 1090. The lowest BCUT2D eigenvalue weighted by atomic mass is 10.1. The fourth-order valence-electron chi connectivity index (χ4n) is 3.45. The molecule has 0 aliphatic rings. The van der Waals surface area contributed by atoms with Crippen LogP contribution in [0.1, 0.15) is 16.9 Å². The number of nitrogens with zero attached hydrogens (tertiary/aromatic N) is 4. The fourth-order valence-corrected chi connectivity index (χ4v) is 3.45. The first-order valence-corrected chi connectivity index (χ1v) is 8.90. The van der Waals surface area contributed by atoms with Crippen molar-refractivity contribution in [3.05, 3.63) is 88.5 Å². The van der Waals surface area contributed by atoms with E-state index >= 15 is 0 Å². The number of imidazole rings is 1. The third kappa shape index (κ3) is 3.57. The number of pyridine rings is 1. The summed E-state index contributed by atoms with van der Waals surface area (Å²) in [6, 6.07) is 14.1. The van der Waals surface area contributed by atoms with Crippen molar-refractivity contribution in [2.45, 2.75) is 19.6 Å². The van der Waals surface area contributed by atoms with Crippen LogP contribution in [0.2, 0.25) is 0 Å². The van der Waals surface area contributed by atoms with E-state index in [-0.39, 0.29) is 5.69 Å². The quantitative estimate of drug-likeness (QED) is 0.529. The van der Waals surface area contributed by atoms with Crippen molar-refractivity contribution < 1.29 is 4.42 Å². The second kappa shape index (κ2) is 7.25. The van der Waals surface area contributed by atoms with Crippen LogP contribution < -0.4 is 5.69 Å². The Morgan fingerprint density at radius 1 is 0.963 bits per heavy atom. The van der Waals surface area contributed by atoms with Crippen LogP contribution in [-0.2, 0) is 33.7 Å². The molecule has 27 heavy (non-hydrogen) atoms. The monoisotopic (exact) mass is 362 g/mol. The number of hydrogen-bond acceptors (Lipinski definition) is 4. The van der Waals surface area contributed by atoms with Gasteiger partial charge in [-0.05, 0) is 41.5 Å². The Hall–Kier alpha value is -3.12. The van der Waals surface area contributed by atoms with Gasteiger partial charge in [-0.2, -0.15) is 0 Å². The molecular formula is C21H22N4O2. The predicted octanol–water partition coefficient (Wildman–Crippen LogP) is 3.07. The van der Waals surface area contributed by atoms with Gasteiger partial charge in [0.2, 0.25) is 0 Å². The lowest BCUT2D eigenvalue weighted by molar-refractivity contribution is 0.226. The molecular weight excluding hydrogens is 340 g/mol. The van der Waals surface area contributed by atoms with Crippen molar-refractivity contribution in [1.29, 1.82) is 0 Å². The minimum absolute atomic E-state index is 0.00930. The van der Waals surface area contributed by atoms with Gasteiger partial charge in [0.05, 0.1) is 23.8 Å². The normalized spacial score (nSPS) is 11.5. The Morgan fingerprint density at radius 2 is 1.78 bits per heavy atom. The summed E-state index contributed by atoms with van der Waals surface area (Å²) in [5.74, 6) is 0.923. The van der Waals surface area contributed by atoms with Gasteiger partial charge in [-0.1, -0.05) is 12.1 Å². The molecule has 3 aromatic heterocycles. The van der Waals surface area contributed by atoms with Crippen LogP contribution in [0.15, 0.2) is 70.3 Å². The van der Waals surface area contributed by atoms with Gasteiger partial charge in [0.15, 0.2) is 0 Å². The molecule has 0 fully saturated rings. The molecule has 0 aliphatic heterocycles. The molecule has 0 radical (unpaired) electrons. The average molecular weight is 362 g/mol. The molecule has 4 aromatic rings. The van der Waals surface area contributed by atoms with Crippen LogP contribution >= 0.6 is 0 Å². The van der Waals surface area contributed by atoms with E-state index in [0.717, 1.165) is 41.0 Å². The van der Waals surface area contributed by atoms with Crippen LogP contribution in [0.4, 0.5) is 0 Å². The molecule has 0 spiro atoms. The highest BCUT2D eigenvalue weighted by molar-refractivity contribution is 5.76. The summed E-state index contributed by atoms with van der Waals surface area (Å²) in [6.45, 7) is 2.21. The van der Waals surface area contributed by atoms with Gasteiger partial charge in [-0.15, -0.1) is 0 Å². The molecule has 0 saturated carbocycles. The lowest BCUT2D eigenvalue weighted by Gasteiger charge is -2.21. The second-order valence-corrected chi connectivity index (χ2v) is 6.81. The summed E-state index contributed by atoms with van der Waals surface area (Å²) in [5.41, 5.74) is 4.18. The molecule has 0 amide bonds. The summed E-state index contributed by atoms with van der Waals surface area (Å²) >= 11 is 0. The molecule has 0 N–H and O–H groups in total. The Morgan fingerprint density at radius 3 is 2.52 bits per heavy atom. The highest BCUT2D eigenvalue weighted by Crippen LogP contribution is 2.18. The zero-order valence-corrected chi connectivity index (χ0v) is 15.5. The van der Waals surface area contributed by atoms with Crippen LogP contribution in [0.5, 0.6) is 0 Å². The molecule has 0 bridgehead atoms. The highest BCUT2D eigenvalue weighted by Gasteiger charge is 2.13. The van der Waals surface area contributed by atoms with E-state index in [0.29, 0.717) is 6.54 Å². The Balaban J connectivity index is 1.63. The number of benzene rings is 1. The summed E-state index contributed by atoms with van der Waals surface area (Å²) < 4.78 is 8.91. The topological polar surface area (TPSA) is 56.2 Å². The van der Waals surface area contributed by atoms with Crippen LogP contribution in [-0.4, -0.2) is 19.0 Å². The van der Waals surface area contributed by atoms with Gasteiger partial charge in [0.1, 0.15) is 5.76 Å². The van der Waals surface area contributed by atoms with E-state index in [4.69, 9.17) is 4.42 Å². The van der Waals surface area contributed by atoms with Crippen LogP contribution in [0, 0.1) is 0 Å². The van der Waals surface area contributed by atoms with Crippen LogP contribution in [0.3, 0.4) is 0 Å². The minimum Gasteiger partial charge on any atom is -0.468 e. The van der Waals surface area contributed by atoms with Gasteiger partial charge in [0.25, 0.3) is 0 Å². The molecule has 3 heterocycles. The second-order valence-electron chi connectivity index (χ2n) is 6.81. The maximum Gasteiger partial charge on any atom is 0.328 e. The molecule has 0 aliphatic carbocycles. The number of aromatic nitrogens is 3. The molecule has 0 atom stereocenters. The van der Waals surface area contributed by atoms with E-state index in [1.165, 1.54) is 0 Å². The number of aryl methyl sites for hydroxylation is 2.